The van der Waals surface area contributed by atoms with E-state index in [0.717, 1.165) is 36.1 Å². The molecule has 1 amide bonds. The molecule has 1 aromatic carbocycles. The number of carbonyl (C=O) groups is 2. The van der Waals surface area contributed by atoms with Crippen LogP contribution in [0.3, 0.4) is 0 Å². The van der Waals surface area contributed by atoms with E-state index in [2.05, 4.69) is 11.4 Å². The Morgan fingerprint density at radius 3 is 2.54 bits per heavy atom. The summed E-state index contributed by atoms with van der Waals surface area (Å²) in [5.41, 5.74) is 2.40. The molecule has 2 N–H and O–H groups in total. The van der Waals surface area contributed by atoms with E-state index < -0.39 is 11.4 Å². The monoisotopic (exact) mass is 352 g/mol. The summed E-state index contributed by atoms with van der Waals surface area (Å²) in [6.45, 7) is 5.47. The second kappa shape index (κ2) is 7.11. The van der Waals surface area contributed by atoms with Crippen molar-refractivity contribution < 1.29 is 14.7 Å². The number of amides is 1. The molecule has 0 spiro atoms. The molecule has 1 heterocycles. The van der Waals surface area contributed by atoms with Crippen molar-refractivity contribution in [2.24, 2.45) is 11.3 Å². The lowest BCUT2D eigenvalue weighted by Crippen LogP contribution is -2.37. The zero-order valence-corrected chi connectivity index (χ0v) is 15.0. The van der Waals surface area contributed by atoms with Gasteiger partial charge in [-0.05, 0) is 55.9 Å². The van der Waals surface area contributed by atoms with E-state index >= 15 is 0 Å². The highest BCUT2D eigenvalue weighted by atomic mass is 35.5. The number of rotatable bonds is 4. The van der Waals surface area contributed by atoms with E-state index in [0.29, 0.717) is 13.1 Å². The summed E-state index contributed by atoms with van der Waals surface area (Å²) >= 11 is 0. The van der Waals surface area contributed by atoms with Crippen molar-refractivity contribution in [3.05, 3.63) is 29.3 Å². The molecule has 0 aromatic heterocycles. The topological polar surface area (TPSA) is 69.6 Å². The van der Waals surface area contributed by atoms with Gasteiger partial charge < -0.3 is 10.4 Å². The Balaban J connectivity index is 0.00000208. The smallest absolute Gasteiger partial charge is 0.311 e. The van der Waals surface area contributed by atoms with Gasteiger partial charge in [-0.15, -0.1) is 12.4 Å². The van der Waals surface area contributed by atoms with Crippen LogP contribution in [-0.2, 0) is 9.59 Å². The van der Waals surface area contributed by atoms with Gasteiger partial charge in [-0.2, -0.15) is 0 Å². The lowest BCUT2D eigenvalue weighted by Gasteiger charge is -2.23. The van der Waals surface area contributed by atoms with Crippen LogP contribution in [-0.4, -0.2) is 41.5 Å². The molecule has 2 atom stereocenters. The Hall–Kier alpha value is -1.59. The number of carboxylic acid groups (broad SMARTS) is 1. The van der Waals surface area contributed by atoms with Crippen molar-refractivity contribution in [2.75, 3.05) is 25.0 Å². The number of carboxylic acids is 1. The van der Waals surface area contributed by atoms with Gasteiger partial charge in [0.1, 0.15) is 0 Å². The normalized spacial score (nSPS) is 25.8. The number of aliphatic carboxylic acids is 1. The van der Waals surface area contributed by atoms with Crippen LogP contribution < -0.4 is 5.32 Å². The summed E-state index contributed by atoms with van der Waals surface area (Å²) in [6.07, 6.45) is 2.68. The third-order valence-corrected chi connectivity index (χ3v) is 5.24. The highest BCUT2D eigenvalue weighted by Gasteiger charge is 2.54. The molecule has 3 rings (SSSR count). The Morgan fingerprint density at radius 1 is 1.29 bits per heavy atom. The SMILES string of the molecule is Cc1cc(C)cc(NC(=O)CN2C[C@@H]3CCC[C@@]3(C(=O)O)C2)c1.Cl. The number of likely N-dealkylation sites (tertiary alicyclic amines) is 1. The minimum absolute atomic E-state index is 0. The van der Waals surface area contributed by atoms with Crippen LogP contribution in [0.1, 0.15) is 30.4 Å². The molecule has 5 nitrogen and oxygen atoms in total. The highest BCUT2D eigenvalue weighted by molar-refractivity contribution is 5.92. The molecule has 0 radical (unpaired) electrons. The predicted molar refractivity (Wildman–Crippen MR) is 95.6 cm³/mol. The molecule has 24 heavy (non-hydrogen) atoms. The first-order chi connectivity index (χ1) is 10.9. The maximum absolute atomic E-state index is 12.3. The Bertz CT molecular complexity index is 629. The fourth-order valence-corrected chi connectivity index (χ4v) is 4.31. The van der Waals surface area contributed by atoms with Gasteiger partial charge in [0.15, 0.2) is 0 Å². The minimum Gasteiger partial charge on any atom is -0.481 e. The van der Waals surface area contributed by atoms with Gasteiger partial charge in [0.05, 0.1) is 12.0 Å². The maximum Gasteiger partial charge on any atom is 0.311 e. The van der Waals surface area contributed by atoms with Gasteiger partial charge in [-0.1, -0.05) is 12.5 Å². The first-order valence-electron chi connectivity index (χ1n) is 8.23. The summed E-state index contributed by atoms with van der Waals surface area (Å²) in [4.78, 5) is 26.0. The molecular weight excluding hydrogens is 328 g/mol. The van der Waals surface area contributed by atoms with E-state index in [1.165, 1.54) is 0 Å². The van der Waals surface area contributed by atoms with Crippen LogP contribution >= 0.6 is 12.4 Å². The van der Waals surface area contributed by atoms with E-state index in [1.54, 1.807) is 0 Å². The van der Waals surface area contributed by atoms with Gasteiger partial charge in [-0.3, -0.25) is 14.5 Å². The molecule has 1 aromatic rings. The number of anilines is 1. The van der Waals surface area contributed by atoms with Gasteiger partial charge in [-0.25, -0.2) is 0 Å². The third kappa shape index (κ3) is 3.57. The zero-order valence-electron chi connectivity index (χ0n) is 14.2. The van der Waals surface area contributed by atoms with Crippen LogP contribution in [0.4, 0.5) is 5.69 Å². The van der Waals surface area contributed by atoms with Crippen molar-refractivity contribution in [2.45, 2.75) is 33.1 Å². The Labute approximate surface area is 148 Å². The highest BCUT2D eigenvalue weighted by Crippen LogP contribution is 2.48. The van der Waals surface area contributed by atoms with Crippen LogP contribution in [0, 0.1) is 25.2 Å². The van der Waals surface area contributed by atoms with Crippen LogP contribution in [0.2, 0.25) is 0 Å². The number of nitrogens with one attached hydrogen (secondary N) is 1. The van der Waals surface area contributed by atoms with Gasteiger partial charge in [0, 0.05) is 18.8 Å². The molecule has 6 heteroatoms. The standard InChI is InChI=1S/C18H24N2O3.ClH/c1-12-6-13(2)8-15(7-12)19-16(21)10-20-9-14-4-3-5-18(14,11-20)17(22)23;/h6-8,14H,3-5,9-11H2,1-2H3,(H,19,21)(H,22,23);1H/t14-,18+;/m0./s1. The average Bonchev–Trinajstić information content (AvgIpc) is 2.94. The Morgan fingerprint density at radius 2 is 1.96 bits per heavy atom. The van der Waals surface area contributed by atoms with E-state index in [-0.39, 0.29) is 30.8 Å². The number of carbonyl (C=O) groups excluding carboxylic acids is 1. The van der Waals surface area contributed by atoms with E-state index in [9.17, 15) is 14.7 Å². The van der Waals surface area contributed by atoms with E-state index in [4.69, 9.17) is 0 Å². The number of hydrogen-bond acceptors (Lipinski definition) is 3. The Kier molecular flexibility index (Phi) is 5.56. The van der Waals surface area contributed by atoms with Gasteiger partial charge >= 0.3 is 5.97 Å². The van der Waals surface area contributed by atoms with Crippen molar-refractivity contribution >= 4 is 30.0 Å². The van der Waals surface area contributed by atoms with Gasteiger partial charge in [0.25, 0.3) is 0 Å². The second-order valence-electron chi connectivity index (χ2n) is 7.14. The average molecular weight is 353 g/mol. The lowest BCUT2D eigenvalue weighted by atomic mass is 9.81. The number of halogens is 1. The largest absolute Gasteiger partial charge is 0.481 e. The van der Waals surface area contributed by atoms with Crippen LogP contribution in [0.25, 0.3) is 0 Å². The first-order valence-corrected chi connectivity index (χ1v) is 8.23. The van der Waals surface area contributed by atoms with Crippen molar-refractivity contribution in [3.8, 4) is 0 Å². The quantitative estimate of drug-likeness (QED) is 0.874. The number of aryl methyl sites for hydroxylation is 2. The molecule has 0 unspecified atom stereocenters. The summed E-state index contributed by atoms with van der Waals surface area (Å²) in [7, 11) is 0. The molecule has 2 fully saturated rings. The van der Waals surface area contributed by atoms with Crippen molar-refractivity contribution in [1.82, 2.24) is 4.90 Å². The van der Waals surface area contributed by atoms with Crippen molar-refractivity contribution in [3.63, 3.8) is 0 Å². The molecule has 0 bridgehead atoms. The van der Waals surface area contributed by atoms with Crippen LogP contribution in [0.15, 0.2) is 18.2 Å². The molecule has 1 saturated carbocycles. The number of benzene rings is 1. The predicted octanol–water partition coefficient (Wildman–Crippen LogP) is 2.85. The molecule has 1 saturated heterocycles. The lowest BCUT2D eigenvalue weighted by molar-refractivity contribution is -0.149. The number of fused-ring (bicyclic) bond motifs is 1. The number of nitrogens with zero attached hydrogens (tertiary/aromatic N) is 1. The molecular formula is C18H25ClN2O3. The summed E-state index contributed by atoms with van der Waals surface area (Å²) in [6, 6.07) is 5.96. The molecule has 2 aliphatic rings. The fraction of sp³-hybridized carbons (Fsp3) is 0.556. The second-order valence-corrected chi connectivity index (χ2v) is 7.14. The summed E-state index contributed by atoms with van der Waals surface area (Å²) in [5, 5.41) is 12.5. The number of hydrogen-bond donors (Lipinski definition) is 2. The first kappa shape index (κ1) is 18.7. The van der Waals surface area contributed by atoms with Crippen LogP contribution in [0.5, 0.6) is 0 Å². The molecule has 1 aliphatic carbocycles. The zero-order chi connectivity index (χ0) is 16.6. The maximum atomic E-state index is 12.3. The summed E-state index contributed by atoms with van der Waals surface area (Å²) < 4.78 is 0. The third-order valence-electron chi connectivity index (χ3n) is 5.24. The molecule has 1 aliphatic heterocycles. The fourth-order valence-electron chi connectivity index (χ4n) is 4.31. The minimum atomic E-state index is -0.697. The van der Waals surface area contributed by atoms with E-state index in [1.807, 2.05) is 30.9 Å². The summed E-state index contributed by atoms with van der Waals surface area (Å²) in [5.74, 6) is -0.582. The van der Waals surface area contributed by atoms with Gasteiger partial charge in [0.2, 0.25) is 5.91 Å². The molecule has 132 valence electrons. The van der Waals surface area contributed by atoms with Crippen molar-refractivity contribution in [1.29, 1.82) is 0 Å².